The number of hydrogen-bond acceptors (Lipinski definition) is 10. The number of phosphoric acid groups is 1. The first-order chi connectivity index (χ1) is 38.2. The Labute approximate surface area is 474 Å². The fraction of sp³-hybridized carbons (Fsp3) is 0.621. The van der Waals surface area contributed by atoms with Crippen LogP contribution in [0.5, 0.6) is 0 Å². The van der Waals surface area contributed by atoms with Crippen molar-refractivity contribution < 1.29 is 52.2 Å². The van der Waals surface area contributed by atoms with Crippen molar-refractivity contribution in [1.82, 2.24) is 0 Å². The first kappa shape index (κ1) is 73.6. The van der Waals surface area contributed by atoms with Crippen LogP contribution in [0.3, 0.4) is 0 Å². The third-order valence-electron chi connectivity index (χ3n) is 12.1. The lowest BCUT2D eigenvalue weighted by Gasteiger charge is -2.21. The monoisotopic (exact) mass is 1110 g/mol. The summed E-state index contributed by atoms with van der Waals surface area (Å²) in [7, 11) is -4.80. The predicted molar refractivity (Wildman–Crippen MR) is 325 cm³/mol. The van der Waals surface area contributed by atoms with Gasteiger partial charge in [-0.05, 0) is 109 Å². The second-order valence-electron chi connectivity index (χ2n) is 19.4. The van der Waals surface area contributed by atoms with Crippen LogP contribution in [0, 0.1) is 0 Å². The summed E-state index contributed by atoms with van der Waals surface area (Å²) in [6.45, 7) is 4.23. The number of aliphatic hydroxyl groups is 1. The lowest BCUT2D eigenvalue weighted by Crippen LogP contribution is -2.30. The van der Waals surface area contributed by atoms with Gasteiger partial charge < -0.3 is 24.2 Å². The number of carbonyl (C=O) groups is 3. The van der Waals surface area contributed by atoms with Crippen molar-refractivity contribution >= 4 is 25.7 Å². The zero-order valence-electron chi connectivity index (χ0n) is 48.8. The van der Waals surface area contributed by atoms with Crippen LogP contribution >= 0.6 is 7.82 Å². The smallest absolute Gasteiger partial charge is 0.462 e. The van der Waals surface area contributed by atoms with Gasteiger partial charge in [0.25, 0.3) is 0 Å². The lowest BCUT2D eigenvalue weighted by molar-refractivity contribution is -0.161. The Morgan fingerprint density at radius 3 is 1.18 bits per heavy atom. The number of ether oxygens (including phenoxy) is 3. The second-order valence-corrected chi connectivity index (χ2v) is 20.9. The molecule has 3 atom stereocenters. The number of rotatable bonds is 54. The number of allylic oxidation sites excluding steroid dienone is 21. The van der Waals surface area contributed by atoms with Crippen LogP contribution in [0.1, 0.15) is 226 Å². The van der Waals surface area contributed by atoms with E-state index in [1.165, 1.54) is 83.5 Å². The molecule has 0 aromatic heterocycles. The van der Waals surface area contributed by atoms with Gasteiger partial charge in [-0.1, -0.05) is 231 Å². The molecule has 0 fully saturated rings. The zero-order chi connectivity index (χ0) is 56.9. The molecule has 0 radical (unpaired) electrons. The Morgan fingerprint density at radius 2 is 0.731 bits per heavy atom. The number of aliphatic hydroxyl groups excluding tert-OH is 1. The number of unbranched alkanes of at least 4 members (excludes halogenated alkanes) is 16. The van der Waals surface area contributed by atoms with E-state index in [0.717, 1.165) is 77.0 Å². The van der Waals surface area contributed by atoms with Gasteiger partial charge in [-0.3, -0.25) is 23.4 Å². The van der Waals surface area contributed by atoms with Crippen molar-refractivity contribution in [2.75, 3.05) is 26.4 Å². The van der Waals surface area contributed by atoms with E-state index in [4.69, 9.17) is 23.3 Å². The van der Waals surface area contributed by atoms with Crippen LogP contribution in [-0.2, 0) is 42.2 Å². The van der Waals surface area contributed by atoms with Crippen LogP contribution in [0.25, 0.3) is 0 Å². The first-order valence-electron chi connectivity index (χ1n) is 30.1. The number of hydrogen-bond donors (Lipinski definition) is 2. The fourth-order valence-electron chi connectivity index (χ4n) is 7.58. The highest BCUT2D eigenvalue weighted by Gasteiger charge is 2.28. The molecule has 78 heavy (non-hydrogen) atoms. The summed E-state index contributed by atoms with van der Waals surface area (Å²) in [5, 5.41) is 9.80. The molecule has 12 heteroatoms. The van der Waals surface area contributed by atoms with Crippen molar-refractivity contribution in [3.63, 3.8) is 0 Å². The third-order valence-corrected chi connectivity index (χ3v) is 13.0. The summed E-state index contributed by atoms with van der Waals surface area (Å²) >= 11 is 0. The van der Waals surface area contributed by atoms with E-state index in [-0.39, 0.29) is 25.9 Å². The molecule has 0 heterocycles. The van der Waals surface area contributed by atoms with Crippen molar-refractivity contribution in [3.05, 3.63) is 134 Å². The molecule has 0 aliphatic rings. The first-order valence-corrected chi connectivity index (χ1v) is 31.6. The van der Waals surface area contributed by atoms with E-state index in [9.17, 15) is 28.9 Å². The van der Waals surface area contributed by atoms with Gasteiger partial charge in [-0.25, -0.2) is 4.57 Å². The van der Waals surface area contributed by atoms with Gasteiger partial charge in [-0.15, -0.1) is 0 Å². The summed E-state index contributed by atoms with van der Waals surface area (Å²) in [6.07, 6.45) is 74.5. The minimum atomic E-state index is -4.80. The number of phosphoric ester groups is 1. The van der Waals surface area contributed by atoms with Gasteiger partial charge in [0.05, 0.1) is 26.2 Å². The standard InChI is InChI=1S/C66H107O11P/c1-4-7-10-13-16-19-22-25-28-30-31-33-36-39-42-45-48-51-54-57-66(70)77-63(59-73-64(68)55-52-49-46-43-40-37-35-32-29-26-23-20-17-14-11-8-5-2)61-75-78(71,72)74-60-62(58-67)76-65(69)56-53-50-47-44-41-38-34-27-24-21-18-15-12-9-6-3/h8-9,11-12,17-18,20-21,25-29,34-35,37,41,43-44,46,50,53,62-63,67H,4-7,10,13-16,19,22-24,30-33,36,38-40,42,45,47-49,51-52,54-61H2,1-3H3,(H,71,72)/b11-8-,12-9-,20-17-,21-18-,28-25-,29-26-,34-27-,37-35-,44-41-,46-43-,53-50-. The Morgan fingerprint density at radius 1 is 0.385 bits per heavy atom. The summed E-state index contributed by atoms with van der Waals surface area (Å²) in [5.41, 5.74) is 0. The van der Waals surface area contributed by atoms with Crippen LogP contribution < -0.4 is 0 Å². The molecule has 0 amide bonds. The Balaban J connectivity index is 4.89. The van der Waals surface area contributed by atoms with Crippen molar-refractivity contribution in [3.8, 4) is 0 Å². The average Bonchev–Trinajstić information content (AvgIpc) is 3.43. The van der Waals surface area contributed by atoms with E-state index < -0.39 is 57.8 Å². The topological polar surface area (TPSA) is 155 Å². The average molecular weight is 1110 g/mol. The van der Waals surface area contributed by atoms with Crippen LogP contribution in [0.4, 0.5) is 0 Å². The number of carbonyl (C=O) groups excluding carboxylic acids is 3. The molecule has 0 aromatic carbocycles. The molecule has 0 rings (SSSR count). The van der Waals surface area contributed by atoms with Crippen LogP contribution in [0.15, 0.2) is 134 Å². The molecule has 2 N–H and O–H groups in total. The quantitative estimate of drug-likeness (QED) is 0.0197. The molecule has 0 aliphatic carbocycles. The van der Waals surface area contributed by atoms with Crippen molar-refractivity contribution in [2.24, 2.45) is 0 Å². The molecule has 0 aromatic rings. The maximum absolute atomic E-state index is 12.9. The summed E-state index contributed by atoms with van der Waals surface area (Å²) in [6, 6.07) is 0. The maximum atomic E-state index is 12.9. The minimum absolute atomic E-state index is 0.0652. The molecular formula is C66H107O11P. The number of esters is 3. The molecule has 0 saturated carbocycles. The van der Waals surface area contributed by atoms with Gasteiger partial charge >= 0.3 is 25.7 Å². The third kappa shape index (κ3) is 56.3. The van der Waals surface area contributed by atoms with Gasteiger partial charge in [0, 0.05) is 12.8 Å². The van der Waals surface area contributed by atoms with E-state index in [1.807, 2.05) is 24.3 Å². The molecule has 442 valence electrons. The maximum Gasteiger partial charge on any atom is 0.472 e. The van der Waals surface area contributed by atoms with Crippen molar-refractivity contribution in [1.29, 1.82) is 0 Å². The van der Waals surface area contributed by atoms with E-state index in [0.29, 0.717) is 25.7 Å². The molecule has 0 aliphatic heterocycles. The SMILES string of the molecule is CC/C=C\C/C=C\C/C=C\C/C=C\C/C=C\CCCC(=O)OCC(COP(=O)(O)OCC(CO)OC(=O)C/C=C\C/C=C\C/C=C\C/C=C\C/C=C\CC)OC(=O)CCCCCCCCCCC/C=C\CCCCCCCC. The predicted octanol–water partition coefficient (Wildman–Crippen LogP) is 18.1. The van der Waals surface area contributed by atoms with Crippen LogP contribution in [-0.4, -0.2) is 66.5 Å². The van der Waals surface area contributed by atoms with Gasteiger partial charge in [0.15, 0.2) is 6.10 Å². The van der Waals surface area contributed by atoms with E-state index >= 15 is 0 Å². The largest absolute Gasteiger partial charge is 0.472 e. The summed E-state index contributed by atoms with van der Waals surface area (Å²) in [4.78, 5) is 48.6. The second kappa shape index (κ2) is 58.8. The highest BCUT2D eigenvalue weighted by Crippen LogP contribution is 2.43. The van der Waals surface area contributed by atoms with E-state index in [1.54, 1.807) is 6.08 Å². The molecule has 0 spiro atoms. The molecular weight excluding hydrogens is 1000 g/mol. The molecule has 0 bridgehead atoms. The Hall–Kier alpha value is -4.38. The highest BCUT2D eigenvalue weighted by molar-refractivity contribution is 7.47. The van der Waals surface area contributed by atoms with Crippen molar-refractivity contribution in [2.45, 2.75) is 238 Å². The van der Waals surface area contributed by atoms with Crippen LogP contribution in [0.2, 0.25) is 0 Å². The fourth-order valence-corrected chi connectivity index (χ4v) is 8.36. The van der Waals surface area contributed by atoms with Gasteiger partial charge in [-0.2, -0.15) is 0 Å². The molecule has 11 nitrogen and oxygen atoms in total. The van der Waals surface area contributed by atoms with E-state index in [2.05, 4.69) is 124 Å². The van der Waals surface area contributed by atoms with Gasteiger partial charge in [0.2, 0.25) is 0 Å². The molecule has 3 unspecified atom stereocenters. The normalized spacial score (nSPS) is 14.3. The Kier molecular flexibility index (Phi) is 55.5. The lowest BCUT2D eigenvalue weighted by atomic mass is 10.1. The molecule has 0 saturated heterocycles. The zero-order valence-corrected chi connectivity index (χ0v) is 49.7. The summed E-state index contributed by atoms with van der Waals surface area (Å²) in [5.74, 6) is -1.69. The Bertz CT molecular complexity index is 1820. The minimum Gasteiger partial charge on any atom is -0.462 e. The highest BCUT2D eigenvalue weighted by atomic mass is 31.2. The van der Waals surface area contributed by atoms with Gasteiger partial charge in [0.1, 0.15) is 12.7 Å². The summed E-state index contributed by atoms with van der Waals surface area (Å²) < 4.78 is 39.4.